The fourth-order valence-electron chi connectivity index (χ4n) is 4.19. The van der Waals surface area contributed by atoms with Gasteiger partial charge in [-0.25, -0.2) is 0 Å². The number of hydrogen-bond donors (Lipinski definition) is 2. The molecule has 0 aliphatic carbocycles. The fraction of sp³-hybridized carbons (Fsp3) is 0.188. The molecule has 3 aromatic carbocycles. The molecule has 2 heterocycles. The molecule has 5 nitrogen and oxygen atoms in total. The number of rotatable bonds is 6. The first-order valence-corrected chi connectivity index (χ1v) is 12.4. The summed E-state index contributed by atoms with van der Waals surface area (Å²) in [4.78, 5) is 12.5. The number of carbonyl (C=O) groups excluding carboxylic acids is 1. The quantitative estimate of drug-likeness (QED) is 0.216. The molecule has 5 rings (SSSR count). The largest absolute Gasteiger partial charge is 0.460 e. The van der Waals surface area contributed by atoms with Crippen LogP contribution in [0.15, 0.2) is 108 Å². The molecule has 5 aromatic rings. The van der Waals surface area contributed by atoms with Crippen molar-refractivity contribution in [2.75, 3.05) is 0 Å². The third-order valence-electron chi connectivity index (χ3n) is 6.37. The van der Waals surface area contributed by atoms with Crippen molar-refractivity contribution in [1.82, 2.24) is 5.32 Å². The molecule has 0 radical (unpaired) electrons. The molecular formula is C32H33N2O3+. The predicted molar refractivity (Wildman–Crippen MR) is 145 cm³/mol. The van der Waals surface area contributed by atoms with Crippen LogP contribution in [0.2, 0.25) is 0 Å². The van der Waals surface area contributed by atoms with E-state index in [-0.39, 0.29) is 11.8 Å². The summed E-state index contributed by atoms with van der Waals surface area (Å²) >= 11 is 0. The van der Waals surface area contributed by atoms with E-state index in [1.54, 1.807) is 12.4 Å². The Bertz CT molecular complexity index is 1430. The second-order valence-electron chi connectivity index (χ2n) is 9.29. The van der Waals surface area contributed by atoms with E-state index in [1.807, 2.05) is 72.8 Å². The highest BCUT2D eigenvalue weighted by atomic mass is 16.5. The second-order valence-corrected chi connectivity index (χ2v) is 9.29. The van der Waals surface area contributed by atoms with Crippen molar-refractivity contribution in [2.24, 2.45) is 0 Å². The highest BCUT2D eigenvalue weighted by molar-refractivity contribution is 5.83. The summed E-state index contributed by atoms with van der Waals surface area (Å²) in [6.45, 7) is 6.73. The molecular weight excluding hydrogens is 460 g/mol. The molecule has 0 aliphatic heterocycles. The van der Waals surface area contributed by atoms with Gasteiger partial charge < -0.3 is 9.73 Å². The summed E-state index contributed by atoms with van der Waals surface area (Å²) in [5.41, 5.74) is 6.35. The maximum Gasteiger partial charge on any atom is 0.224 e. The molecule has 37 heavy (non-hydrogen) atoms. The standard InChI is InChI=1S/C26H26N2O3.C6H6/c1-17-4-6-22(18(2)12-17)16-27-26(29)14-20-5-7-24-23(13-20)15-25(31-24)19(3)21-8-10-28(30)11-9-21;1-2-4-6-5-3-1/h4-13,15,19H,14,16H2,1-3H3,(H-,27,29,30);1-6H/p+1. The molecule has 2 N–H and O–H groups in total. The van der Waals surface area contributed by atoms with Crippen molar-refractivity contribution >= 4 is 16.9 Å². The van der Waals surface area contributed by atoms with E-state index >= 15 is 0 Å². The fourth-order valence-corrected chi connectivity index (χ4v) is 4.19. The predicted octanol–water partition coefficient (Wildman–Crippen LogP) is 6.27. The summed E-state index contributed by atoms with van der Waals surface area (Å²) in [6, 6.07) is 29.9. The van der Waals surface area contributed by atoms with Gasteiger partial charge in [-0.15, -0.1) is 0 Å². The third-order valence-corrected chi connectivity index (χ3v) is 6.37. The Morgan fingerprint density at radius 2 is 1.59 bits per heavy atom. The number of carbonyl (C=O) groups is 1. The van der Waals surface area contributed by atoms with Crippen LogP contribution < -0.4 is 10.0 Å². The lowest BCUT2D eigenvalue weighted by molar-refractivity contribution is -0.904. The molecule has 188 valence electrons. The number of amides is 1. The van der Waals surface area contributed by atoms with Gasteiger partial charge in [-0.3, -0.25) is 10.0 Å². The average Bonchev–Trinajstić information content (AvgIpc) is 3.33. The zero-order valence-electron chi connectivity index (χ0n) is 21.5. The van der Waals surface area contributed by atoms with Crippen molar-refractivity contribution in [3.05, 3.63) is 137 Å². The topological polar surface area (TPSA) is 66.4 Å². The minimum atomic E-state index is -0.00185. The second kappa shape index (κ2) is 12.0. The Kier molecular flexibility index (Phi) is 8.37. The zero-order chi connectivity index (χ0) is 26.2. The SMILES string of the molecule is Cc1ccc(CNC(=O)Cc2ccc3oc(C(C)c4cc[n+](O)cc4)cc3c2)c(C)c1.c1ccccc1. The lowest BCUT2D eigenvalue weighted by Crippen LogP contribution is -2.28. The van der Waals surface area contributed by atoms with Crippen molar-refractivity contribution in [3.63, 3.8) is 0 Å². The van der Waals surface area contributed by atoms with Gasteiger partial charge in [0.2, 0.25) is 18.3 Å². The van der Waals surface area contributed by atoms with Crippen LogP contribution in [0.5, 0.6) is 0 Å². The van der Waals surface area contributed by atoms with E-state index in [9.17, 15) is 10.0 Å². The number of nitrogens with one attached hydrogen (secondary N) is 1. The lowest BCUT2D eigenvalue weighted by atomic mass is 9.99. The Morgan fingerprint density at radius 3 is 2.24 bits per heavy atom. The smallest absolute Gasteiger partial charge is 0.224 e. The van der Waals surface area contributed by atoms with E-state index in [4.69, 9.17) is 4.42 Å². The van der Waals surface area contributed by atoms with Gasteiger partial charge in [0.05, 0.1) is 6.42 Å². The summed E-state index contributed by atoms with van der Waals surface area (Å²) in [7, 11) is 0. The van der Waals surface area contributed by atoms with Gasteiger partial charge in [0.1, 0.15) is 11.3 Å². The van der Waals surface area contributed by atoms with Gasteiger partial charge in [-0.1, -0.05) is 73.2 Å². The van der Waals surface area contributed by atoms with Gasteiger partial charge in [-0.2, -0.15) is 0 Å². The van der Waals surface area contributed by atoms with Gasteiger partial charge in [-0.05, 0) is 54.3 Å². The maximum absolute atomic E-state index is 12.5. The molecule has 5 heteroatoms. The van der Waals surface area contributed by atoms with Crippen LogP contribution >= 0.6 is 0 Å². The van der Waals surface area contributed by atoms with E-state index < -0.39 is 0 Å². The maximum atomic E-state index is 12.5. The number of aryl methyl sites for hydroxylation is 2. The van der Waals surface area contributed by atoms with Crippen molar-refractivity contribution in [1.29, 1.82) is 0 Å². The normalized spacial score (nSPS) is 11.4. The van der Waals surface area contributed by atoms with Crippen molar-refractivity contribution < 1.29 is 19.1 Å². The Balaban J connectivity index is 0.000000469. The number of aromatic nitrogens is 1. The van der Waals surface area contributed by atoms with Crippen LogP contribution in [0.25, 0.3) is 11.0 Å². The van der Waals surface area contributed by atoms with E-state index in [1.165, 1.54) is 11.1 Å². The van der Waals surface area contributed by atoms with Gasteiger partial charge in [0, 0.05) is 34.7 Å². The molecule has 0 saturated carbocycles. The van der Waals surface area contributed by atoms with Crippen molar-refractivity contribution in [3.8, 4) is 0 Å². The first kappa shape index (κ1) is 25.7. The summed E-state index contributed by atoms with van der Waals surface area (Å²) in [5.74, 6) is 0.901. The summed E-state index contributed by atoms with van der Waals surface area (Å²) in [6.07, 6.45) is 3.53. The highest BCUT2D eigenvalue weighted by Crippen LogP contribution is 2.30. The minimum Gasteiger partial charge on any atom is -0.460 e. The molecule has 0 aliphatic rings. The first-order chi connectivity index (χ1) is 17.9. The van der Waals surface area contributed by atoms with Crippen LogP contribution in [-0.4, -0.2) is 11.1 Å². The molecule has 0 saturated heterocycles. The average molecular weight is 494 g/mol. The van der Waals surface area contributed by atoms with Crippen LogP contribution in [0.3, 0.4) is 0 Å². The Hall–Kier alpha value is -4.38. The molecule has 1 atom stereocenters. The van der Waals surface area contributed by atoms with Gasteiger partial charge in [0.25, 0.3) is 0 Å². The number of furan rings is 1. The number of nitrogens with zero attached hydrogens (tertiary/aromatic N) is 1. The van der Waals surface area contributed by atoms with Gasteiger partial charge >= 0.3 is 0 Å². The number of hydrogen-bond acceptors (Lipinski definition) is 3. The van der Waals surface area contributed by atoms with Crippen LogP contribution in [0.4, 0.5) is 0 Å². The monoisotopic (exact) mass is 493 g/mol. The molecule has 2 aromatic heterocycles. The Labute approximate surface area is 218 Å². The Morgan fingerprint density at radius 1 is 0.919 bits per heavy atom. The van der Waals surface area contributed by atoms with Crippen LogP contribution in [-0.2, 0) is 17.8 Å². The summed E-state index contributed by atoms with van der Waals surface area (Å²) in [5, 5.41) is 13.4. The third kappa shape index (κ3) is 7.07. The first-order valence-electron chi connectivity index (χ1n) is 12.4. The van der Waals surface area contributed by atoms with Crippen molar-refractivity contribution in [2.45, 2.75) is 39.7 Å². The van der Waals surface area contributed by atoms with Crippen LogP contribution in [0.1, 0.15) is 46.4 Å². The van der Waals surface area contributed by atoms with Crippen LogP contribution in [0, 0.1) is 13.8 Å². The molecule has 0 bridgehead atoms. The molecule has 0 fully saturated rings. The minimum absolute atomic E-state index is 0.00185. The number of pyridine rings is 1. The number of fused-ring (bicyclic) bond motifs is 1. The number of benzene rings is 3. The molecule has 0 spiro atoms. The zero-order valence-corrected chi connectivity index (χ0v) is 21.5. The summed E-state index contributed by atoms with van der Waals surface area (Å²) < 4.78 is 7.05. The van der Waals surface area contributed by atoms with E-state index in [2.05, 4.69) is 44.3 Å². The van der Waals surface area contributed by atoms with Gasteiger partial charge in [0.15, 0.2) is 0 Å². The molecule has 1 unspecified atom stereocenters. The van der Waals surface area contributed by atoms with E-state index in [0.29, 0.717) is 13.0 Å². The molecule has 1 amide bonds. The highest BCUT2D eigenvalue weighted by Gasteiger charge is 2.16. The lowest BCUT2D eigenvalue weighted by Gasteiger charge is -2.09. The van der Waals surface area contributed by atoms with E-state index in [0.717, 1.165) is 38.2 Å².